The number of nitrogens with zero attached hydrogens (tertiary/aromatic N) is 2. The molecule has 0 spiro atoms. The van der Waals surface area contributed by atoms with Crippen LogP contribution in [0.15, 0.2) is 40.9 Å². The molecule has 0 bridgehead atoms. The van der Waals surface area contributed by atoms with Gasteiger partial charge in [0.2, 0.25) is 0 Å². The number of hydrogen-bond acceptors (Lipinski definition) is 4. The third-order valence-corrected chi connectivity index (χ3v) is 3.25. The summed E-state index contributed by atoms with van der Waals surface area (Å²) in [5.41, 5.74) is 1.96. The SMILES string of the molecule is CN(CCCCCO)Cc1cc(-c2ccccc2)no1. The molecule has 4 nitrogen and oxygen atoms in total. The van der Waals surface area contributed by atoms with E-state index in [1.807, 2.05) is 36.4 Å². The lowest BCUT2D eigenvalue weighted by molar-refractivity contribution is 0.255. The van der Waals surface area contributed by atoms with Crippen molar-refractivity contribution in [3.05, 3.63) is 42.2 Å². The molecule has 1 aromatic heterocycles. The van der Waals surface area contributed by atoms with Gasteiger partial charge in [-0.2, -0.15) is 0 Å². The molecule has 4 heteroatoms. The van der Waals surface area contributed by atoms with Crippen LogP contribution in [-0.2, 0) is 6.54 Å². The van der Waals surface area contributed by atoms with Gasteiger partial charge in [-0.3, -0.25) is 4.90 Å². The molecular formula is C16H22N2O2. The molecule has 1 heterocycles. The fourth-order valence-electron chi connectivity index (χ4n) is 2.15. The van der Waals surface area contributed by atoms with Gasteiger partial charge in [0.25, 0.3) is 0 Å². The first kappa shape index (κ1) is 14.8. The molecule has 0 aliphatic rings. The summed E-state index contributed by atoms with van der Waals surface area (Å²) in [6.07, 6.45) is 3.04. The van der Waals surface area contributed by atoms with E-state index in [1.54, 1.807) is 0 Å². The van der Waals surface area contributed by atoms with Crippen molar-refractivity contribution < 1.29 is 9.63 Å². The second kappa shape index (κ2) is 7.82. The van der Waals surface area contributed by atoms with Crippen LogP contribution in [0.2, 0.25) is 0 Å². The fourth-order valence-corrected chi connectivity index (χ4v) is 2.15. The monoisotopic (exact) mass is 274 g/mol. The van der Waals surface area contributed by atoms with E-state index in [-0.39, 0.29) is 6.61 Å². The first-order chi connectivity index (χ1) is 9.79. The maximum absolute atomic E-state index is 8.74. The summed E-state index contributed by atoms with van der Waals surface area (Å²) in [7, 11) is 2.07. The largest absolute Gasteiger partial charge is 0.396 e. The second-order valence-corrected chi connectivity index (χ2v) is 5.07. The van der Waals surface area contributed by atoms with Gasteiger partial charge in [0, 0.05) is 18.2 Å². The number of rotatable bonds is 8. The normalized spacial score (nSPS) is 11.2. The zero-order valence-corrected chi connectivity index (χ0v) is 12.0. The van der Waals surface area contributed by atoms with Gasteiger partial charge in [-0.25, -0.2) is 0 Å². The van der Waals surface area contributed by atoms with Crippen molar-refractivity contribution in [2.75, 3.05) is 20.2 Å². The molecule has 2 rings (SSSR count). The van der Waals surface area contributed by atoms with Crippen LogP contribution in [0.25, 0.3) is 11.3 Å². The Hall–Kier alpha value is -1.65. The Balaban J connectivity index is 1.83. The highest BCUT2D eigenvalue weighted by molar-refractivity contribution is 5.58. The minimum absolute atomic E-state index is 0.284. The van der Waals surface area contributed by atoms with Gasteiger partial charge in [-0.1, -0.05) is 35.5 Å². The van der Waals surface area contributed by atoms with Crippen molar-refractivity contribution in [1.29, 1.82) is 0 Å². The molecule has 1 N–H and O–H groups in total. The second-order valence-electron chi connectivity index (χ2n) is 5.07. The summed E-state index contributed by atoms with van der Waals surface area (Å²) in [6, 6.07) is 12.0. The maximum Gasteiger partial charge on any atom is 0.151 e. The van der Waals surface area contributed by atoms with Crippen LogP contribution in [0, 0.1) is 0 Å². The van der Waals surface area contributed by atoms with Gasteiger partial charge >= 0.3 is 0 Å². The summed E-state index contributed by atoms with van der Waals surface area (Å²) in [5, 5.41) is 12.9. The van der Waals surface area contributed by atoms with Crippen LogP contribution >= 0.6 is 0 Å². The number of hydrogen-bond donors (Lipinski definition) is 1. The Morgan fingerprint density at radius 2 is 1.95 bits per heavy atom. The Morgan fingerprint density at radius 1 is 1.15 bits per heavy atom. The van der Waals surface area contributed by atoms with Crippen LogP contribution in [0.5, 0.6) is 0 Å². The highest BCUT2D eigenvalue weighted by Gasteiger charge is 2.08. The average molecular weight is 274 g/mol. The molecule has 20 heavy (non-hydrogen) atoms. The summed E-state index contributed by atoms with van der Waals surface area (Å²) in [4.78, 5) is 2.21. The van der Waals surface area contributed by atoms with E-state index >= 15 is 0 Å². The quantitative estimate of drug-likeness (QED) is 0.752. The highest BCUT2D eigenvalue weighted by atomic mass is 16.5. The first-order valence-electron chi connectivity index (χ1n) is 7.10. The Bertz CT molecular complexity index is 496. The summed E-state index contributed by atoms with van der Waals surface area (Å²) in [6.45, 7) is 2.05. The van der Waals surface area contributed by atoms with Crippen molar-refractivity contribution in [2.24, 2.45) is 0 Å². The molecule has 0 amide bonds. The van der Waals surface area contributed by atoms with Crippen molar-refractivity contribution in [2.45, 2.75) is 25.8 Å². The Kier molecular flexibility index (Phi) is 5.77. The number of unbranched alkanes of at least 4 members (excludes halogenated alkanes) is 2. The van der Waals surface area contributed by atoms with Crippen molar-refractivity contribution in [1.82, 2.24) is 10.1 Å². The Labute approximate surface area is 120 Å². The van der Waals surface area contributed by atoms with Gasteiger partial charge < -0.3 is 9.63 Å². The fraction of sp³-hybridized carbons (Fsp3) is 0.438. The van der Waals surface area contributed by atoms with E-state index < -0.39 is 0 Å². The van der Waals surface area contributed by atoms with E-state index in [0.29, 0.717) is 0 Å². The lowest BCUT2D eigenvalue weighted by Gasteiger charge is -2.13. The third kappa shape index (κ3) is 4.47. The number of aliphatic hydroxyl groups is 1. The van der Waals surface area contributed by atoms with Crippen LogP contribution < -0.4 is 0 Å². The molecular weight excluding hydrogens is 252 g/mol. The summed E-state index contributed by atoms with van der Waals surface area (Å²) >= 11 is 0. The molecule has 0 aliphatic heterocycles. The predicted octanol–water partition coefficient (Wildman–Crippen LogP) is 2.94. The van der Waals surface area contributed by atoms with E-state index in [2.05, 4.69) is 17.1 Å². The van der Waals surface area contributed by atoms with Crippen LogP contribution in [0.3, 0.4) is 0 Å². The van der Waals surface area contributed by atoms with Crippen molar-refractivity contribution in [3.8, 4) is 11.3 Å². The smallest absolute Gasteiger partial charge is 0.151 e. The minimum atomic E-state index is 0.284. The molecule has 0 saturated carbocycles. The zero-order chi connectivity index (χ0) is 14.2. The van der Waals surface area contributed by atoms with Crippen molar-refractivity contribution >= 4 is 0 Å². The average Bonchev–Trinajstić information content (AvgIpc) is 2.93. The molecule has 0 atom stereocenters. The predicted molar refractivity (Wildman–Crippen MR) is 79.2 cm³/mol. The molecule has 1 aromatic carbocycles. The topological polar surface area (TPSA) is 49.5 Å². The number of aliphatic hydroxyl groups excluding tert-OH is 1. The van der Waals surface area contributed by atoms with Crippen LogP contribution in [0.4, 0.5) is 0 Å². The first-order valence-corrected chi connectivity index (χ1v) is 7.10. The lowest BCUT2D eigenvalue weighted by Crippen LogP contribution is -2.18. The number of benzene rings is 1. The van der Waals surface area contributed by atoms with Gasteiger partial charge in [-0.15, -0.1) is 0 Å². The molecule has 0 aliphatic carbocycles. The van der Waals surface area contributed by atoms with Gasteiger partial charge in [0.15, 0.2) is 5.76 Å². The molecule has 0 unspecified atom stereocenters. The van der Waals surface area contributed by atoms with Gasteiger partial charge in [0.05, 0.1) is 6.54 Å². The molecule has 0 fully saturated rings. The lowest BCUT2D eigenvalue weighted by atomic mass is 10.1. The van der Waals surface area contributed by atoms with E-state index in [9.17, 15) is 0 Å². The third-order valence-electron chi connectivity index (χ3n) is 3.25. The molecule has 2 aromatic rings. The highest BCUT2D eigenvalue weighted by Crippen LogP contribution is 2.19. The maximum atomic E-state index is 8.74. The van der Waals surface area contributed by atoms with Crippen LogP contribution in [-0.4, -0.2) is 35.4 Å². The molecule has 108 valence electrons. The molecule has 0 radical (unpaired) electrons. The minimum Gasteiger partial charge on any atom is -0.396 e. The van der Waals surface area contributed by atoms with E-state index in [1.165, 1.54) is 0 Å². The van der Waals surface area contributed by atoms with Gasteiger partial charge in [-0.05, 0) is 32.9 Å². The van der Waals surface area contributed by atoms with E-state index in [0.717, 1.165) is 49.4 Å². The summed E-state index contributed by atoms with van der Waals surface area (Å²) in [5.74, 6) is 0.883. The zero-order valence-electron chi connectivity index (χ0n) is 12.0. The standard InChI is InChI=1S/C16H22N2O2/c1-18(10-6-3-7-11-19)13-15-12-16(17-20-15)14-8-4-2-5-9-14/h2,4-5,8-9,12,19H,3,6-7,10-11,13H2,1H3. The Morgan fingerprint density at radius 3 is 2.70 bits per heavy atom. The van der Waals surface area contributed by atoms with Crippen molar-refractivity contribution in [3.63, 3.8) is 0 Å². The summed E-state index contributed by atoms with van der Waals surface area (Å²) < 4.78 is 5.39. The number of aromatic nitrogens is 1. The van der Waals surface area contributed by atoms with E-state index in [4.69, 9.17) is 9.63 Å². The van der Waals surface area contributed by atoms with Crippen LogP contribution in [0.1, 0.15) is 25.0 Å². The molecule has 0 saturated heterocycles. The van der Waals surface area contributed by atoms with Gasteiger partial charge in [0.1, 0.15) is 5.69 Å².